The zero-order valence-electron chi connectivity index (χ0n) is 29.3. The molecular formula is C44H30BCl5N4O2. The van der Waals surface area contributed by atoms with Crippen LogP contribution in [0.2, 0.25) is 25.4 Å². The molecule has 2 N–H and O–H groups in total. The second kappa shape index (κ2) is 19.7. The monoisotopic (exact) mass is 832 g/mol. The third-order valence-corrected chi connectivity index (χ3v) is 9.42. The highest BCUT2D eigenvalue weighted by molar-refractivity contribution is 6.63. The van der Waals surface area contributed by atoms with E-state index < -0.39 is 7.12 Å². The summed E-state index contributed by atoms with van der Waals surface area (Å²) in [6.45, 7) is 0. The summed E-state index contributed by atoms with van der Waals surface area (Å²) in [5.41, 5.74) is 8.38. The van der Waals surface area contributed by atoms with E-state index in [1.807, 2.05) is 133 Å². The van der Waals surface area contributed by atoms with E-state index in [2.05, 4.69) is 9.97 Å². The average Bonchev–Trinajstić information content (AvgIpc) is 3.24. The summed E-state index contributed by atoms with van der Waals surface area (Å²) in [5, 5.41) is 19.6. The molecule has 56 heavy (non-hydrogen) atoms. The molecule has 0 spiro atoms. The predicted molar refractivity (Wildman–Crippen MR) is 233 cm³/mol. The fraction of sp³-hybridized carbons (Fsp3) is 0. The maximum atomic E-state index is 8.74. The summed E-state index contributed by atoms with van der Waals surface area (Å²) >= 11 is 29.8. The molecule has 8 rings (SSSR count). The molecule has 6 nitrogen and oxygen atoms in total. The summed E-state index contributed by atoms with van der Waals surface area (Å²) in [6.07, 6.45) is 0. The van der Waals surface area contributed by atoms with E-state index >= 15 is 0 Å². The van der Waals surface area contributed by atoms with E-state index in [-0.39, 0.29) is 10.7 Å². The smallest absolute Gasteiger partial charge is 0.423 e. The van der Waals surface area contributed by atoms with E-state index in [1.54, 1.807) is 24.3 Å². The van der Waals surface area contributed by atoms with Gasteiger partial charge in [0.1, 0.15) is 0 Å². The minimum Gasteiger partial charge on any atom is -0.423 e. The first kappa shape index (κ1) is 40.6. The molecule has 0 unspecified atom stereocenters. The van der Waals surface area contributed by atoms with Gasteiger partial charge in [0.15, 0.2) is 5.82 Å². The number of rotatable bonds is 6. The van der Waals surface area contributed by atoms with Gasteiger partial charge in [0, 0.05) is 48.3 Å². The van der Waals surface area contributed by atoms with Gasteiger partial charge in [-0.25, -0.2) is 19.9 Å². The Labute approximate surface area is 350 Å². The molecule has 2 aromatic heterocycles. The van der Waals surface area contributed by atoms with Crippen LogP contribution >= 0.6 is 58.0 Å². The van der Waals surface area contributed by atoms with Crippen LogP contribution in [0.5, 0.6) is 0 Å². The van der Waals surface area contributed by atoms with Crippen molar-refractivity contribution < 1.29 is 10.0 Å². The summed E-state index contributed by atoms with van der Waals surface area (Å²) in [4.78, 5) is 18.1. The van der Waals surface area contributed by atoms with Crippen molar-refractivity contribution in [1.29, 1.82) is 0 Å². The quantitative estimate of drug-likeness (QED) is 0.128. The van der Waals surface area contributed by atoms with Gasteiger partial charge in [0.05, 0.1) is 27.8 Å². The fourth-order valence-corrected chi connectivity index (χ4v) is 6.35. The zero-order chi connectivity index (χ0) is 39.4. The summed E-state index contributed by atoms with van der Waals surface area (Å²) in [7, 11) is -1.57. The maximum Gasteiger partial charge on any atom is 0.490 e. The Balaban J connectivity index is 0.000000155. The van der Waals surface area contributed by atoms with Crippen LogP contribution in [0.4, 0.5) is 0 Å². The highest BCUT2D eigenvalue weighted by atomic mass is 35.5. The molecule has 0 radical (unpaired) electrons. The topological polar surface area (TPSA) is 92.0 Å². The van der Waals surface area contributed by atoms with Gasteiger partial charge in [-0.05, 0) is 60.1 Å². The van der Waals surface area contributed by atoms with Crippen LogP contribution in [-0.2, 0) is 0 Å². The van der Waals surface area contributed by atoms with Crippen molar-refractivity contribution in [2.24, 2.45) is 0 Å². The minimum absolute atomic E-state index is 0.221. The minimum atomic E-state index is -1.57. The zero-order valence-corrected chi connectivity index (χ0v) is 33.1. The molecule has 0 fully saturated rings. The van der Waals surface area contributed by atoms with Crippen molar-refractivity contribution in [2.45, 2.75) is 0 Å². The van der Waals surface area contributed by atoms with Crippen LogP contribution in [0.25, 0.3) is 56.4 Å². The van der Waals surface area contributed by atoms with Crippen molar-refractivity contribution in [3.05, 3.63) is 195 Å². The lowest BCUT2D eigenvalue weighted by Crippen LogP contribution is -2.30. The van der Waals surface area contributed by atoms with Gasteiger partial charge in [-0.3, -0.25) is 0 Å². The van der Waals surface area contributed by atoms with Crippen LogP contribution in [0.1, 0.15) is 0 Å². The molecule has 6 aromatic carbocycles. The first-order valence-corrected chi connectivity index (χ1v) is 19.0. The van der Waals surface area contributed by atoms with Crippen LogP contribution < -0.4 is 5.46 Å². The number of nitrogens with zero attached hydrogens (tertiary/aromatic N) is 4. The van der Waals surface area contributed by atoms with Gasteiger partial charge in [-0.1, -0.05) is 168 Å². The third-order valence-electron chi connectivity index (χ3n) is 8.11. The molecule has 0 atom stereocenters. The Morgan fingerprint density at radius 1 is 0.375 bits per heavy atom. The standard InChI is InChI=1S/C22H14Cl2N2.C16H11ClN2.C6H5BCl2O2/c23-17-11-12-19(24)18(13-17)22-25-20(15-7-3-1-4-8-15)14-21(26-22)16-9-5-2-6-10-16;17-16-18-14(12-7-3-1-4-8-12)11-15(19-16)13-9-5-2-6-10-13;8-4-1-2-6(9)5(3-4)7(10)11/h1-14H;1-11H;1-3,10-11H. The van der Waals surface area contributed by atoms with E-state index in [1.165, 1.54) is 12.1 Å². The van der Waals surface area contributed by atoms with Crippen molar-refractivity contribution in [1.82, 2.24) is 19.9 Å². The van der Waals surface area contributed by atoms with Crippen LogP contribution in [-0.4, -0.2) is 37.1 Å². The summed E-state index contributed by atoms with van der Waals surface area (Å²) < 4.78 is 0. The predicted octanol–water partition coefficient (Wildman–Crippen LogP) is 11.9. The van der Waals surface area contributed by atoms with Gasteiger partial charge in [-0.2, -0.15) is 0 Å². The van der Waals surface area contributed by atoms with E-state index in [9.17, 15) is 0 Å². The maximum absolute atomic E-state index is 8.74. The molecule has 0 aliphatic heterocycles. The van der Waals surface area contributed by atoms with Gasteiger partial charge in [-0.15, -0.1) is 0 Å². The van der Waals surface area contributed by atoms with Crippen molar-refractivity contribution in [2.75, 3.05) is 0 Å². The lowest BCUT2D eigenvalue weighted by atomic mass is 9.80. The molecule has 0 amide bonds. The molecule has 12 heteroatoms. The van der Waals surface area contributed by atoms with E-state index in [4.69, 9.17) is 78.0 Å². The molecule has 0 saturated heterocycles. The SMILES string of the molecule is Clc1ccc(Cl)c(-c2nc(-c3ccccc3)cc(-c3ccccc3)n2)c1.Clc1nc(-c2ccccc2)cc(-c2ccccc2)n1.OB(O)c1cc(Cl)ccc1Cl. The number of hydrogen-bond donors (Lipinski definition) is 2. The molecule has 0 aliphatic rings. The van der Waals surface area contributed by atoms with E-state index in [0.717, 1.165) is 45.0 Å². The lowest BCUT2D eigenvalue weighted by molar-refractivity contribution is 0.426. The van der Waals surface area contributed by atoms with Crippen LogP contribution in [0.15, 0.2) is 170 Å². The Hall–Kier alpha value is -5.09. The highest BCUT2D eigenvalue weighted by Crippen LogP contribution is 2.32. The van der Waals surface area contributed by atoms with Gasteiger partial charge < -0.3 is 10.0 Å². The van der Waals surface area contributed by atoms with Crippen molar-refractivity contribution >= 4 is 70.6 Å². The number of benzene rings is 6. The molecule has 0 saturated carbocycles. The summed E-state index contributed by atoms with van der Waals surface area (Å²) in [5.74, 6) is 0.553. The summed E-state index contributed by atoms with van der Waals surface area (Å²) in [6, 6.07) is 53.7. The molecular weight excluding hydrogens is 805 g/mol. The Morgan fingerprint density at radius 2 is 0.732 bits per heavy atom. The van der Waals surface area contributed by atoms with Crippen LogP contribution in [0, 0.1) is 0 Å². The van der Waals surface area contributed by atoms with Crippen molar-refractivity contribution in [3.8, 4) is 56.4 Å². The fourth-order valence-electron chi connectivity index (χ4n) is 5.39. The second-order valence-electron chi connectivity index (χ2n) is 12.0. The number of aromatic nitrogens is 4. The lowest BCUT2D eigenvalue weighted by Gasteiger charge is -2.10. The molecule has 8 aromatic rings. The highest BCUT2D eigenvalue weighted by Gasteiger charge is 2.15. The number of hydrogen-bond acceptors (Lipinski definition) is 6. The molecule has 276 valence electrons. The molecule has 0 aliphatic carbocycles. The van der Waals surface area contributed by atoms with Crippen molar-refractivity contribution in [3.63, 3.8) is 0 Å². The average molecular weight is 835 g/mol. The van der Waals surface area contributed by atoms with Gasteiger partial charge in [0.2, 0.25) is 5.28 Å². The molecule has 2 heterocycles. The van der Waals surface area contributed by atoms with Gasteiger partial charge >= 0.3 is 7.12 Å². The first-order chi connectivity index (χ1) is 27.1. The third kappa shape index (κ3) is 11.0. The number of halogens is 5. The largest absolute Gasteiger partial charge is 0.490 e. The van der Waals surface area contributed by atoms with Crippen LogP contribution in [0.3, 0.4) is 0 Å². The normalized spacial score (nSPS) is 10.4. The van der Waals surface area contributed by atoms with E-state index in [0.29, 0.717) is 31.5 Å². The second-order valence-corrected chi connectivity index (χ2v) is 14.0. The Bertz CT molecular complexity index is 2400. The molecule has 0 bridgehead atoms. The Morgan fingerprint density at radius 3 is 1.11 bits per heavy atom. The van der Waals surface area contributed by atoms with Gasteiger partial charge in [0.25, 0.3) is 0 Å². The Kier molecular flexibility index (Phi) is 14.3. The first-order valence-electron chi connectivity index (χ1n) is 17.1.